The highest BCUT2D eigenvalue weighted by atomic mass is 16.6. The average Bonchev–Trinajstić information content (AvgIpc) is 2.24. The van der Waals surface area contributed by atoms with Gasteiger partial charge in [-0.2, -0.15) is 0 Å². The van der Waals surface area contributed by atoms with Gasteiger partial charge >= 0.3 is 6.09 Å². The van der Waals surface area contributed by atoms with Crippen molar-refractivity contribution in [2.24, 2.45) is 0 Å². The molecule has 0 bridgehead atoms. The summed E-state index contributed by atoms with van der Waals surface area (Å²) < 4.78 is 10.5. The smallest absolute Gasteiger partial charge is 0.407 e. The fourth-order valence-corrected chi connectivity index (χ4v) is 1.86. The number of rotatable bonds is 3. The number of ether oxygens (including phenoxy) is 2. The minimum absolute atomic E-state index is 0.265. The van der Waals surface area contributed by atoms with Crippen LogP contribution in [0.5, 0.6) is 0 Å². The summed E-state index contributed by atoms with van der Waals surface area (Å²) in [6.07, 6.45) is 1.88. The summed E-state index contributed by atoms with van der Waals surface area (Å²) in [7, 11) is 1.73. The highest BCUT2D eigenvalue weighted by molar-refractivity contribution is 5.67. The third-order valence-electron chi connectivity index (χ3n) is 2.67. The van der Waals surface area contributed by atoms with Crippen molar-refractivity contribution >= 4 is 6.09 Å². The van der Waals surface area contributed by atoms with E-state index in [0.717, 1.165) is 19.4 Å². The number of piperidine rings is 1. The molecule has 0 spiro atoms. The monoisotopic (exact) mass is 244 g/mol. The van der Waals surface area contributed by atoms with Crippen LogP contribution in [0.2, 0.25) is 0 Å². The van der Waals surface area contributed by atoms with Crippen LogP contribution < -0.4 is 10.6 Å². The summed E-state index contributed by atoms with van der Waals surface area (Å²) in [6, 6.07) is 0.265. The van der Waals surface area contributed by atoms with Crippen molar-refractivity contribution in [1.82, 2.24) is 10.6 Å². The number of carbonyl (C=O) groups excluding carboxylic acids is 1. The van der Waals surface area contributed by atoms with Gasteiger partial charge in [-0.15, -0.1) is 0 Å². The fraction of sp³-hybridized carbons (Fsp3) is 0.917. The Kier molecular flexibility index (Phi) is 5.21. The molecule has 2 N–H and O–H groups in total. The molecule has 1 saturated heterocycles. The minimum atomic E-state index is -0.445. The molecule has 1 aliphatic heterocycles. The van der Waals surface area contributed by atoms with Crippen molar-refractivity contribution in [1.29, 1.82) is 0 Å². The maximum absolute atomic E-state index is 11.5. The van der Waals surface area contributed by atoms with Gasteiger partial charge in [0.15, 0.2) is 0 Å². The minimum Gasteiger partial charge on any atom is -0.444 e. The van der Waals surface area contributed by atoms with Gasteiger partial charge in [-0.3, -0.25) is 0 Å². The highest BCUT2D eigenvalue weighted by Crippen LogP contribution is 2.11. The Bertz CT molecular complexity index is 251. The number of carbonyl (C=O) groups is 1. The van der Waals surface area contributed by atoms with Gasteiger partial charge in [0.05, 0.1) is 6.10 Å². The molecule has 1 amide bonds. The molecule has 5 heteroatoms. The molecular formula is C12H24N2O3. The van der Waals surface area contributed by atoms with Crippen LogP contribution in [0, 0.1) is 0 Å². The molecule has 1 heterocycles. The van der Waals surface area contributed by atoms with Gasteiger partial charge in [-0.1, -0.05) is 0 Å². The molecule has 1 fully saturated rings. The predicted octanol–water partition coefficient (Wildman–Crippen LogP) is 1.28. The van der Waals surface area contributed by atoms with Crippen LogP contribution >= 0.6 is 0 Å². The van der Waals surface area contributed by atoms with Crippen LogP contribution in [-0.2, 0) is 9.47 Å². The highest BCUT2D eigenvalue weighted by Gasteiger charge is 2.22. The Morgan fingerprint density at radius 2 is 2.18 bits per heavy atom. The predicted molar refractivity (Wildman–Crippen MR) is 66.1 cm³/mol. The number of methoxy groups -OCH3 is 1. The largest absolute Gasteiger partial charge is 0.444 e. The molecule has 100 valence electrons. The summed E-state index contributed by atoms with van der Waals surface area (Å²) in [6.45, 7) is 7.07. The van der Waals surface area contributed by atoms with E-state index in [4.69, 9.17) is 9.47 Å². The van der Waals surface area contributed by atoms with E-state index in [-0.39, 0.29) is 12.1 Å². The van der Waals surface area contributed by atoms with E-state index in [1.54, 1.807) is 7.11 Å². The summed E-state index contributed by atoms with van der Waals surface area (Å²) in [5, 5.41) is 6.13. The first-order valence-corrected chi connectivity index (χ1v) is 6.14. The molecule has 0 aromatic rings. The number of hydrogen-bond acceptors (Lipinski definition) is 4. The standard InChI is InChI=1S/C12H24N2O3/c1-12(2,3)17-11(15)14-8-9-7-10(16-4)5-6-13-9/h9-10,13H,5-8H2,1-4H3,(H,14,15)/t9-,10+/m0/s1. The molecule has 0 radical (unpaired) electrons. The summed E-state index contributed by atoms with van der Waals surface area (Å²) >= 11 is 0. The van der Waals surface area contributed by atoms with E-state index in [1.165, 1.54) is 0 Å². The Labute approximate surface area is 103 Å². The zero-order valence-corrected chi connectivity index (χ0v) is 11.2. The van der Waals surface area contributed by atoms with Crippen LogP contribution in [-0.4, -0.2) is 44.0 Å². The van der Waals surface area contributed by atoms with Gasteiger partial charge in [0.25, 0.3) is 0 Å². The number of alkyl carbamates (subject to hydrolysis) is 1. The molecule has 1 aliphatic rings. The van der Waals surface area contributed by atoms with Crippen molar-refractivity contribution in [3.05, 3.63) is 0 Å². The second kappa shape index (κ2) is 6.21. The molecule has 0 aromatic carbocycles. The molecule has 0 aromatic heterocycles. The number of hydrogen-bond donors (Lipinski definition) is 2. The van der Waals surface area contributed by atoms with Gasteiger partial charge in [0, 0.05) is 19.7 Å². The van der Waals surface area contributed by atoms with Crippen molar-refractivity contribution < 1.29 is 14.3 Å². The van der Waals surface area contributed by atoms with Crippen molar-refractivity contribution in [2.45, 2.75) is 51.4 Å². The zero-order chi connectivity index (χ0) is 12.9. The topological polar surface area (TPSA) is 59.6 Å². The number of nitrogens with one attached hydrogen (secondary N) is 2. The third-order valence-corrected chi connectivity index (χ3v) is 2.67. The SMILES string of the molecule is CO[C@@H]1CCN[C@H](CNC(=O)OC(C)(C)C)C1. The fourth-order valence-electron chi connectivity index (χ4n) is 1.86. The Morgan fingerprint density at radius 1 is 1.47 bits per heavy atom. The second-order valence-electron chi connectivity index (χ2n) is 5.42. The number of amides is 1. The van der Waals surface area contributed by atoms with Crippen molar-refractivity contribution in [2.75, 3.05) is 20.2 Å². The van der Waals surface area contributed by atoms with Gasteiger partial charge in [0.2, 0.25) is 0 Å². The summed E-state index contributed by atoms with van der Waals surface area (Å²) in [4.78, 5) is 11.5. The van der Waals surface area contributed by atoms with Gasteiger partial charge in [0.1, 0.15) is 5.60 Å². The first-order chi connectivity index (χ1) is 7.90. The maximum Gasteiger partial charge on any atom is 0.407 e. The lowest BCUT2D eigenvalue weighted by Crippen LogP contribution is -2.48. The lowest BCUT2D eigenvalue weighted by molar-refractivity contribution is 0.0469. The van der Waals surface area contributed by atoms with E-state index in [0.29, 0.717) is 12.6 Å². The first-order valence-electron chi connectivity index (χ1n) is 6.14. The quantitative estimate of drug-likeness (QED) is 0.785. The normalized spacial score (nSPS) is 25.4. The average molecular weight is 244 g/mol. The van der Waals surface area contributed by atoms with Crippen molar-refractivity contribution in [3.8, 4) is 0 Å². The Hall–Kier alpha value is -0.810. The van der Waals surface area contributed by atoms with Gasteiger partial charge < -0.3 is 20.1 Å². The van der Waals surface area contributed by atoms with Gasteiger partial charge in [-0.05, 0) is 40.2 Å². The molecule has 1 rings (SSSR count). The summed E-state index contributed by atoms with van der Waals surface area (Å²) in [5.74, 6) is 0. The van der Waals surface area contributed by atoms with Crippen LogP contribution in [0.3, 0.4) is 0 Å². The molecule has 5 nitrogen and oxygen atoms in total. The van der Waals surface area contributed by atoms with Crippen LogP contribution in [0.15, 0.2) is 0 Å². The molecule has 0 saturated carbocycles. The lowest BCUT2D eigenvalue weighted by atomic mass is 10.0. The third kappa shape index (κ3) is 5.89. The molecule has 17 heavy (non-hydrogen) atoms. The van der Waals surface area contributed by atoms with E-state index in [2.05, 4.69) is 10.6 Å². The zero-order valence-electron chi connectivity index (χ0n) is 11.2. The van der Waals surface area contributed by atoms with Crippen LogP contribution in [0.25, 0.3) is 0 Å². The Morgan fingerprint density at radius 3 is 2.76 bits per heavy atom. The van der Waals surface area contributed by atoms with E-state index < -0.39 is 5.60 Å². The summed E-state index contributed by atoms with van der Waals surface area (Å²) in [5.41, 5.74) is -0.445. The van der Waals surface area contributed by atoms with E-state index >= 15 is 0 Å². The van der Waals surface area contributed by atoms with Crippen molar-refractivity contribution in [3.63, 3.8) is 0 Å². The molecular weight excluding hydrogens is 220 g/mol. The van der Waals surface area contributed by atoms with Crippen LogP contribution in [0.4, 0.5) is 4.79 Å². The molecule has 0 unspecified atom stereocenters. The van der Waals surface area contributed by atoms with E-state index in [9.17, 15) is 4.79 Å². The molecule has 2 atom stereocenters. The van der Waals surface area contributed by atoms with E-state index in [1.807, 2.05) is 20.8 Å². The first kappa shape index (κ1) is 14.3. The lowest BCUT2D eigenvalue weighted by Gasteiger charge is -2.29. The maximum atomic E-state index is 11.5. The second-order valence-corrected chi connectivity index (χ2v) is 5.42. The van der Waals surface area contributed by atoms with Gasteiger partial charge in [-0.25, -0.2) is 4.79 Å². The molecule has 0 aliphatic carbocycles. The van der Waals surface area contributed by atoms with Crippen LogP contribution in [0.1, 0.15) is 33.6 Å². The Balaban J connectivity index is 2.23.